The van der Waals surface area contributed by atoms with Crippen LogP contribution in [0.25, 0.3) is 22.2 Å². The molecule has 2 aromatic heterocycles. The smallest absolute Gasteiger partial charge is 0.339 e. The maximum atomic E-state index is 13.2. The molecular formula is C26H22N4O5S. The topological polar surface area (TPSA) is 124 Å². The van der Waals surface area contributed by atoms with E-state index in [9.17, 15) is 19.7 Å². The number of benzene rings is 2. The number of non-ortho nitro benzene ring substituents is 1. The minimum Gasteiger partial charge on any atom is -0.452 e. The SMILES string of the molecule is CC1CCc2nc3ccccc3c(C(=O)OCC(=O)Nc3nc(-c4cccc([N+](=O)[O-])c4)cs3)c2C1. The Morgan fingerprint density at radius 3 is 2.86 bits per heavy atom. The molecule has 0 bridgehead atoms. The minimum absolute atomic E-state index is 0.0433. The van der Waals surface area contributed by atoms with Gasteiger partial charge < -0.3 is 4.74 Å². The quantitative estimate of drug-likeness (QED) is 0.219. The molecule has 0 fully saturated rings. The van der Waals surface area contributed by atoms with Crippen LogP contribution in [0.5, 0.6) is 0 Å². The number of nitrogens with one attached hydrogen (secondary N) is 1. The fraction of sp³-hybridized carbons (Fsp3) is 0.231. The van der Waals surface area contributed by atoms with Crippen LogP contribution in [0.1, 0.15) is 35.0 Å². The second-order valence-corrected chi connectivity index (χ2v) is 9.60. The number of anilines is 1. The van der Waals surface area contributed by atoms with Crippen molar-refractivity contribution in [2.75, 3.05) is 11.9 Å². The average Bonchev–Trinajstić information content (AvgIpc) is 3.34. The Morgan fingerprint density at radius 2 is 2.03 bits per heavy atom. The zero-order chi connectivity index (χ0) is 25.2. The molecule has 0 aliphatic heterocycles. The summed E-state index contributed by atoms with van der Waals surface area (Å²) in [6.45, 7) is 1.68. The molecule has 1 aliphatic carbocycles. The van der Waals surface area contributed by atoms with Gasteiger partial charge >= 0.3 is 5.97 Å². The number of hydrogen-bond acceptors (Lipinski definition) is 8. The van der Waals surface area contributed by atoms with E-state index in [1.807, 2.05) is 24.3 Å². The first-order valence-corrected chi connectivity index (χ1v) is 12.3. The predicted octanol–water partition coefficient (Wildman–Crippen LogP) is 5.19. The van der Waals surface area contributed by atoms with Crippen molar-refractivity contribution in [3.05, 3.63) is 80.8 Å². The van der Waals surface area contributed by atoms with Gasteiger partial charge in [-0.1, -0.05) is 37.3 Å². The van der Waals surface area contributed by atoms with Gasteiger partial charge in [-0.3, -0.25) is 25.2 Å². The molecule has 5 rings (SSSR count). The number of pyridine rings is 1. The van der Waals surface area contributed by atoms with E-state index in [-0.39, 0.29) is 5.69 Å². The van der Waals surface area contributed by atoms with Crippen molar-refractivity contribution in [1.29, 1.82) is 0 Å². The van der Waals surface area contributed by atoms with Crippen molar-refractivity contribution in [2.24, 2.45) is 5.92 Å². The van der Waals surface area contributed by atoms with E-state index in [2.05, 4.69) is 17.2 Å². The Hall–Kier alpha value is -4.18. The molecule has 36 heavy (non-hydrogen) atoms. The number of aryl methyl sites for hydroxylation is 1. The normalized spacial score (nSPS) is 14.8. The molecule has 182 valence electrons. The van der Waals surface area contributed by atoms with Crippen LogP contribution in [0, 0.1) is 16.0 Å². The lowest BCUT2D eigenvalue weighted by Gasteiger charge is -2.24. The lowest BCUT2D eigenvalue weighted by molar-refractivity contribution is -0.384. The first-order chi connectivity index (χ1) is 17.4. The van der Waals surface area contributed by atoms with Crippen molar-refractivity contribution in [2.45, 2.75) is 26.2 Å². The Morgan fingerprint density at radius 1 is 1.19 bits per heavy atom. The third kappa shape index (κ3) is 4.80. The summed E-state index contributed by atoms with van der Waals surface area (Å²) in [5.41, 5.74) is 4.06. The monoisotopic (exact) mass is 502 g/mol. The number of rotatable bonds is 6. The van der Waals surface area contributed by atoms with Crippen LogP contribution in [0.3, 0.4) is 0 Å². The molecule has 1 amide bonds. The molecule has 4 aromatic rings. The van der Waals surface area contributed by atoms with E-state index in [1.54, 1.807) is 17.5 Å². The van der Waals surface area contributed by atoms with Gasteiger partial charge in [0.25, 0.3) is 11.6 Å². The summed E-state index contributed by atoms with van der Waals surface area (Å²) in [7, 11) is 0. The molecule has 10 heteroatoms. The van der Waals surface area contributed by atoms with Gasteiger partial charge in [-0.15, -0.1) is 11.3 Å². The molecule has 1 N–H and O–H groups in total. The van der Waals surface area contributed by atoms with Crippen molar-refractivity contribution in [3.63, 3.8) is 0 Å². The second kappa shape index (κ2) is 9.82. The highest BCUT2D eigenvalue weighted by atomic mass is 32.1. The van der Waals surface area contributed by atoms with Crippen LogP contribution in [0.2, 0.25) is 0 Å². The highest BCUT2D eigenvalue weighted by Crippen LogP contribution is 2.32. The molecule has 0 saturated carbocycles. The van der Waals surface area contributed by atoms with Gasteiger partial charge in [0.1, 0.15) is 0 Å². The lowest BCUT2D eigenvalue weighted by Crippen LogP contribution is -2.23. The summed E-state index contributed by atoms with van der Waals surface area (Å²) in [5, 5.41) is 16.4. The van der Waals surface area contributed by atoms with Crippen molar-refractivity contribution >= 4 is 44.9 Å². The summed E-state index contributed by atoms with van der Waals surface area (Å²) in [6, 6.07) is 13.6. The molecule has 2 heterocycles. The number of aromatic nitrogens is 2. The van der Waals surface area contributed by atoms with Gasteiger partial charge in [-0.25, -0.2) is 9.78 Å². The van der Waals surface area contributed by atoms with Gasteiger partial charge in [-0.05, 0) is 36.8 Å². The van der Waals surface area contributed by atoms with Gasteiger partial charge in [0.2, 0.25) is 0 Å². The zero-order valence-corrected chi connectivity index (χ0v) is 20.2. The van der Waals surface area contributed by atoms with Crippen LogP contribution >= 0.6 is 11.3 Å². The van der Waals surface area contributed by atoms with E-state index in [0.29, 0.717) is 27.9 Å². The number of esters is 1. The molecule has 9 nitrogen and oxygen atoms in total. The van der Waals surface area contributed by atoms with Crippen LogP contribution in [0.4, 0.5) is 10.8 Å². The van der Waals surface area contributed by atoms with Crippen LogP contribution < -0.4 is 5.32 Å². The molecule has 0 saturated heterocycles. The largest absolute Gasteiger partial charge is 0.452 e. The maximum Gasteiger partial charge on any atom is 0.339 e. The summed E-state index contributed by atoms with van der Waals surface area (Å²) < 4.78 is 5.43. The fourth-order valence-electron chi connectivity index (χ4n) is 4.40. The van der Waals surface area contributed by atoms with Gasteiger partial charge in [0, 0.05) is 34.2 Å². The number of hydrogen-bond donors (Lipinski definition) is 1. The standard InChI is InChI=1S/C26H22N4O5S/c1-15-9-10-21-19(11-15)24(18-7-2-3-8-20(18)27-21)25(32)35-13-23(31)29-26-28-22(14-36-26)16-5-4-6-17(12-16)30(33)34/h2-8,12,14-15H,9-11,13H2,1H3,(H,28,29,31). The van der Waals surface area contributed by atoms with E-state index in [4.69, 9.17) is 9.72 Å². The first kappa shape index (κ1) is 23.6. The molecule has 0 spiro atoms. The summed E-state index contributed by atoms with van der Waals surface area (Å²) in [4.78, 5) is 45.3. The molecule has 2 aromatic carbocycles. The van der Waals surface area contributed by atoms with Gasteiger partial charge in [0.05, 0.1) is 21.7 Å². The lowest BCUT2D eigenvalue weighted by atomic mass is 9.84. The predicted molar refractivity (Wildman–Crippen MR) is 136 cm³/mol. The Bertz CT molecular complexity index is 1500. The number of ether oxygens (including phenoxy) is 1. The fourth-order valence-corrected chi connectivity index (χ4v) is 5.13. The number of thiazole rings is 1. The summed E-state index contributed by atoms with van der Waals surface area (Å²) in [6.07, 6.45) is 2.56. The van der Waals surface area contributed by atoms with Gasteiger partial charge in [0.15, 0.2) is 11.7 Å². The van der Waals surface area contributed by atoms with Crippen LogP contribution in [-0.4, -0.2) is 33.4 Å². The number of carbonyl (C=O) groups excluding carboxylic acids is 2. The first-order valence-electron chi connectivity index (χ1n) is 11.5. The highest BCUT2D eigenvalue weighted by Gasteiger charge is 2.26. The molecule has 1 atom stereocenters. The Kier molecular flexibility index (Phi) is 6.43. The number of nitro benzene ring substituents is 1. The Balaban J connectivity index is 1.29. The Labute approximate surface area is 210 Å². The van der Waals surface area contributed by atoms with E-state index >= 15 is 0 Å². The van der Waals surface area contributed by atoms with Crippen LogP contribution in [0.15, 0.2) is 53.9 Å². The van der Waals surface area contributed by atoms with Crippen molar-refractivity contribution < 1.29 is 19.2 Å². The zero-order valence-electron chi connectivity index (χ0n) is 19.4. The second-order valence-electron chi connectivity index (χ2n) is 8.75. The third-order valence-electron chi connectivity index (χ3n) is 6.15. The number of amides is 1. The summed E-state index contributed by atoms with van der Waals surface area (Å²) >= 11 is 1.18. The van der Waals surface area contributed by atoms with Crippen LogP contribution in [-0.2, 0) is 22.4 Å². The number of nitrogens with zero attached hydrogens (tertiary/aromatic N) is 3. The van der Waals surface area contributed by atoms with Crippen molar-refractivity contribution in [3.8, 4) is 11.3 Å². The molecule has 1 unspecified atom stereocenters. The highest BCUT2D eigenvalue weighted by molar-refractivity contribution is 7.14. The molecule has 0 radical (unpaired) electrons. The maximum absolute atomic E-state index is 13.2. The number of para-hydroxylation sites is 1. The average molecular weight is 503 g/mol. The number of fused-ring (bicyclic) bond motifs is 2. The number of carbonyl (C=O) groups is 2. The molecular weight excluding hydrogens is 480 g/mol. The van der Waals surface area contributed by atoms with E-state index in [1.165, 1.54) is 23.5 Å². The van der Waals surface area contributed by atoms with Gasteiger partial charge in [-0.2, -0.15) is 0 Å². The van der Waals surface area contributed by atoms with E-state index < -0.39 is 23.4 Å². The summed E-state index contributed by atoms with van der Waals surface area (Å²) in [5.74, 6) is -0.644. The third-order valence-corrected chi connectivity index (χ3v) is 6.90. The number of nitro groups is 1. The van der Waals surface area contributed by atoms with Crippen molar-refractivity contribution in [1.82, 2.24) is 9.97 Å². The molecule has 1 aliphatic rings. The van der Waals surface area contributed by atoms with E-state index in [0.717, 1.165) is 41.4 Å². The minimum atomic E-state index is -0.550.